The number of phenols is 4. The number of ether oxygens (including phenoxy) is 7. The molecule has 0 radical (unpaired) electrons. The molecular weight excluding hydrogens is 776 g/mol. The van der Waals surface area contributed by atoms with Crippen LogP contribution in [0, 0.1) is 6.92 Å². The van der Waals surface area contributed by atoms with Gasteiger partial charge in [0.1, 0.15) is 72.5 Å². The number of hydrogen-bond acceptors (Lipinski definition) is 17. The van der Waals surface area contributed by atoms with E-state index in [1.165, 1.54) is 55.5 Å². The second-order valence-electron chi connectivity index (χ2n) is 14.2. The van der Waals surface area contributed by atoms with Crippen molar-refractivity contribution in [1.29, 1.82) is 0 Å². The third-order valence-electron chi connectivity index (χ3n) is 9.69. The largest absolute Gasteiger partial charge is 0.508 e. The number of aliphatic hydroxyl groups excluding tert-OH is 5. The molecule has 2 fully saturated rings. The van der Waals surface area contributed by atoms with Crippen molar-refractivity contribution in [1.82, 2.24) is 0 Å². The molecule has 0 saturated carbocycles. The summed E-state index contributed by atoms with van der Waals surface area (Å²) in [6.45, 7) is 8.33. The Bertz CT molecular complexity index is 2040. The molecule has 316 valence electrons. The maximum absolute atomic E-state index is 12.5. The molecule has 0 aromatic heterocycles. The molecule has 0 aliphatic carbocycles. The van der Waals surface area contributed by atoms with Crippen molar-refractivity contribution in [2.45, 2.75) is 81.2 Å². The smallest absolute Gasteiger partial charge is 0.330 e. The Labute approximate surface area is 338 Å². The molecule has 10 atom stereocenters. The maximum Gasteiger partial charge on any atom is 0.330 e. The summed E-state index contributed by atoms with van der Waals surface area (Å²) in [5.74, 6) is -1.89. The first-order valence-electron chi connectivity index (χ1n) is 18.5. The summed E-state index contributed by atoms with van der Waals surface area (Å²) >= 11 is 0. The number of hydrogen-bond donors (Lipinski definition) is 9. The van der Waals surface area contributed by atoms with Gasteiger partial charge in [-0.05, 0) is 54.5 Å². The molecule has 6 rings (SSSR count). The minimum atomic E-state index is -1.88. The van der Waals surface area contributed by atoms with E-state index in [9.17, 15) is 50.8 Å². The lowest BCUT2D eigenvalue weighted by atomic mass is 9.97. The number of rotatable bonds is 14. The summed E-state index contributed by atoms with van der Waals surface area (Å²) < 4.78 is 41.1. The fourth-order valence-corrected chi connectivity index (χ4v) is 6.52. The zero-order chi connectivity index (χ0) is 42.5. The van der Waals surface area contributed by atoms with E-state index in [0.717, 1.165) is 6.08 Å². The lowest BCUT2D eigenvalue weighted by Crippen LogP contribution is -2.59. The van der Waals surface area contributed by atoms with Crippen molar-refractivity contribution in [3.05, 3.63) is 108 Å². The van der Waals surface area contributed by atoms with Gasteiger partial charge in [0, 0.05) is 36.6 Å². The molecule has 3 aromatic carbocycles. The van der Waals surface area contributed by atoms with Crippen LogP contribution in [0.1, 0.15) is 41.2 Å². The quantitative estimate of drug-likeness (QED) is 0.0372. The number of aryl methyl sites for hydroxylation is 1. The Kier molecular flexibility index (Phi) is 13.4. The SMILES string of the molecule is C=CCC(=C)OCC1CC(O)C(O)C(Oc2cc(O)cc3c2C=C(OC2OC(COC(=O)C=Cc4ccc(O)cc4)C(O)C(O)C2O)C(c2cc(C)c(O)c(O)c2)O3)O1. The minimum Gasteiger partial charge on any atom is -0.508 e. The molecule has 3 aliphatic heterocycles. The van der Waals surface area contributed by atoms with Crippen LogP contribution in [0.15, 0.2) is 85.4 Å². The van der Waals surface area contributed by atoms with Crippen LogP contribution in [0.2, 0.25) is 0 Å². The first-order chi connectivity index (χ1) is 28.1. The monoisotopic (exact) mass is 822 g/mol. The molecule has 0 amide bonds. The number of esters is 1. The third-order valence-corrected chi connectivity index (χ3v) is 9.69. The summed E-state index contributed by atoms with van der Waals surface area (Å²) in [7, 11) is 0. The average Bonchev–Trinajstić information content (AvgIpc) is 3.20. The minimum absolute atomic E-state index is 0.000242. The number of aliphatic hydroxyl groups is 5. The van der Waals surface area contributed by atoms with E-state index < -0.39 is 85.5 Å². The molecule has 0 bridgehead atoms. The molecule has 59 heavy (non-hydrogen) atoms. The molecule has 2 saturated heterocycles. The van der Waals surface area contributed by atoms with E-state index in [2.05, 4.69) is 13.2 Å². The summed E-state index contributed by atoms with van der Waals surface area (Å²) in [6, 6.07) is 11.1. The fraction of sp³-hybridized carbons (Fsp3) is 0.357. The number of benzene rings is 3. The number of phenolic OH excluding ortho intramolecular Hbond substituents is 4. The average molecular weight is 823 g/mol. The van der Waals surface area contributed by atoms with E-state index >= 15 is 0 Å². The predicted molar refractivity (Wildman–Crippen MR) is 206 cm³/mol. The van der Waals surface area contributed by atoms with Gasteiger partial charge in [-0.25, -0.2) is 4.79 Å². The first kappa shape index (κ1) is 42.8. The Morgan fingerprint density at radius 1 is 0.847 bits per heavy atom. The predicted octanol–water partition coefficient (Wildman–Crippen LogP) is 2.69. The van der Waals surface area contributed by atoms with Crippen molar-refractivity contribution < 1.29 is 83.9 Å². The molecule has 3 aromatic rings. The van der Waals surface area contributed by atoms with E-state index in [-0.39, 0.29) is 58.5 Å². The van der Waals surface area contributed by atoms with Crippen molar-refractivity contribution in [2.24, 2.45) is 0 Å². The van der Waals surface area contributed by atoms with Crippen LogP contribution < -0.4 is 9.47 Å². The topological polar surface area (TPSA) is 264 Å². The molecule has 17 heteroatoms. The fourth-order valence-electron chi connectivity index (χ4n) is 6.52. The van der Waals surface area contributed by atoms with Crippen molar-refractivity contribution in [3.63, 3.8) is 0 Å². The summed E-state index contributed by atoms with van der Waals surface area (Å²) in [5, 5.41) is 95.3. The Hall–Kier alpha value is -5.79. The summed E-state index contributed by atoms with van der Waals surface area (Å²) in [6.07, 6.45) is -9.11. The second-order valence-corrected chi connectivity index (χ2v) is 14.2. The number of allylic oxidation sites excluding steroid dienone is 1. The lowest BCUT2D eigenvalue weighted by Gasteiger charge is -2.41. The highest BCUT2D eigenvalue weighted by atomic mass is 16.7. The van der Waals surface area contributed by atoms with Crippen LogP contribution in [0.25, 0.3) is 12.2 Å². The third kappa shape index (κ3) is 10.1. The number of carbonyl (C=O) groups is 1. The van der Waals surface area contributed by atoms with Crippen molar-refractivity contribution >= 4 is 18.1 Å². The Morgan fingerprint density at radius 3 is 2.29 bits per heavy atom. The van der Waals surface area contributed by atoms with Gasteiger partial charge in [-0.3, -0.25) is 0 Å². The van der Waals surface area contributed by atoms with Crippen LogP contribution in [-0.2, 0) is 28.5 Å². The van der Waals surface area contributed by atoms with Crippen LogP contribution in [0.3, 0.4) is 0 Å². The Morgan fingerprint density at radius 2 is 1.58 bits per heavy atom. The van der Waals surface area contributed by atoms with Crippen LogP contribution in [-0.4, -0.2) is 120 Å². The molecule has 3 heterocycles. The van der Waals surface area contributed by atoms with Crippen molar-refractivity contribution in [3.8, 4) is 34.5 Å². The zero-order valence-corrected chi connectivity index (χ0v) is 31.7. The van der Waals surface area contributed by atoms with Gasteiger partial charge in [0.05, 0.1) is 23.5 Å². The lowest BCUT2D eigenvalue weighted by molar-refractivity contribution is -0.294. The van der Waals surface area contributed by atoms with Gasteiger partial charge in [0.15, 0.2) is 17.6 Å². The van der Waals surface area contributed by atoms with E-state index in [1.807, 2.05) is 0 Å². The van der Waals surface area contributed by atoms with Gasteiger partial charge in [-0.2, -0.15) is 0 Å². The maximum atomic E-state index is 12.5. The number of aromatic hydroxyl groups is 4. The van der Waals surface area contributed by atoms with Gasteiger partial charge >= 0.3 is 5.97 Å². The van der Waals surface area contributed by atoms with Gasteiger partial charge in [-0.1, -0.05) is 24.8 Å². The standard InChI is InChI=1S/C42H46O17/c1-4-5-21(3)53-18-26-16-29(46)36(49)41(55-26)57-31-15-25(44)14-30-27(31)17-32(40(56-30)23-12-20(2)35(48)28(45)13-23)58-42-39(52)38(51)37(50)33(59-42)19-54-34(47)11-8-22-6-9-24(43)10-7-22/h4,6-15,17,26,29,33,36-46,48-52H,1,3,5,16,18-19H2,2H3. The van der Waals surface area contributed by atoms with E-state index in [1.54, 1.807) is 18.2 Å². The highest BCUT2D eigenvalue weighted by molar-refractivity contribution is 5.87. The first-order valence-corrected chi connectivity index (χ1v) is 18.5. The molecule has 10 unspecified atom stereocenters. The zero-order valence-electron chi connectivity index (χ0n) is 31.7. The number of fused-ring (bicyclic) bond motifs is 1. The van der Waals surface area contributed by atoms with Gasteiger partial charge in [0.2, 0.25) is 12.6 Å². The highest BCUT2D eigenvalue weighted by Crippen LogP contribution is 2.47. The second kappa shape index (κ2) is 18.4. The Balaban J connectivity index is 1.28. The van der Waals surface area contributed by atoms with Crippen LogP contribution in [0.5, 0.6) is 34.5 Å². The van der Waals surface area contributed by atoms with Crippen LogP contribution in [0.4, 0.5) is 0 Å². The molecule has 17 nitrogen and oxygen atoms in total. The molecule has 0 spiro atoms. The summed E-state index contributed by atoms with van der Waals surface area (Å²) in [5.41, 5.74) is 1.15. The van der Waals surface area contributed by atoms with E-state index in [0.29, 0.717) is 17.7 Å². The van der Waals surface area contributed by atoms with Crippen LogP contribution >= 0.6 is 0 Å². The molecule has 3 aliphatic rings. The highest BCUT2D eigenvalue weighted by Gasteiger charge is 2.47. The summed E-state index contributed by atoms with van der Waals surface area (Å²) in [4.78, 5) is 12.5. The van der Waals surface area contributed by atoms with E-state index in [4.69, 9.17) is 33.2 Å². The van der Waals surface area contributed by atoms with Gasteiger partial charge < -0.3 is 79.1 Å². The molecular formula is C42H46O17. The number of carbonyl (C=O) groups excluding carboxylic acids is 1. The van der Waals surface area contributed by atoms with Gasteiger partial charge in [-0.15, -0.1) is 6.58 Å². The van der Waals surface area contributed by atoms with Gasteiger partial charge in [0.25, 0.3) is 0 Å². The normalized spacial score (nSPS) is 27.8. The van der Waals surface area contributed by atoms with Crippen molar-refractivity contribution in [2.75, 3.05) is 13.2 Å². The molecule has 9 N–H and O–H groups in total.